The number of hydrogen-bond donors (Lipinski definition) is 2. The summed E-state index contributed by atoms with van der Waals surface area (Å²) in [6, 6.07) is 5.26. The summed E-state index contributed by atoms with van der Waals surface area (Å²) >= 11 is 3.29. The Morgan fingerprint density at radius 2 is 2.31 bits per heavy atom. The number of nitrogens with zero attached hydrogens (tertiary/aromatic N) is 1. The van der Waals surface area contributed by atoms with Gasteiger partial charge in [0, 0.05) is 10.0 Å². The third kappa shape index (κ3) is 2.23. The topological polar surface area (TPSA) is 69.6 Å². The van der Waals surface area contributed by atoms with Crippen LogP contribution < -0.4 is 5.43 Å². The van der Waals surface area contributed by atoms with E-state index in [0.29, 0.717) is 11.3 Å². The minimum absolute atomic E-state index is 0.0652. The van der Waals surface area contributed by atoms with E-state index in [2.05, 4.69) is 21.4 Å². The first-order valence-electron chi connectivity index (χ1n) is 4.62. The van der Waals surface area contributed by atoms with E-state index in [9.17, 15) is 9.59 Å². The molecule has 0 saturated carbocycles. The number of Topliss-reactive ketones (excluding diaryl/α,β-unsaturated/α-hetero) is 1. The summed E-state index contributed by atoms with van der Waals surface area (Å²) in [5, 5.41) is 10.0. The predicted octanol–water partition coefficient (Wildman–Crippen LogP) is 1.36. The number of hydrazine groups is 1. The molecule has 0 radical (unpaired) electrons. The summed E-state index contributed by atoms with van der Waals surface area (Å²) in [6.45, 7) is -0.142. The van der Waals surface area contributed by atoms with Gasteiger partial charge in [-0.15, -0.1) is 0 Å². The minimum atomic E-state index is -0.971. The molecule has 1 aliphatic rings. The van der Waals surface area contributed by atoms with Gasteiger partial charge in [0.05, 0.1) is 12.2 Å². The number of carboxylic acid groups (broad SMARTS) is 1. The quantitative estimate of drug-likeness (QED) is 0.858. The van der Waals surface area contributed by atoms with Gasteiger partial charge < -0.3 is 10.5 Å². The van der Waals surface area contributed by atoms with E-state index in [-0.39, 0.29) is 18.9 Å². The van der Waals surface area contributed by atoms with E-state index in [1.54, 1.807) is 18.2 Å². The molecule has 6 heteroatoms. The lowest BCUT2D eigenvalue weighted by atomic mass is 10.1. The Morgan fingerprint density at radius 1 is 1.56 bits per heavy atom. The minimum Gasteiger partial charge on any atom is -0.480 e. The fraction of sp³-hybridized carbons (Fsp3) is 0.200. The zero-order chi connectivity index (χ0) is 11.7. The van der Waals surface area contributed by atoms with Crippen molar-refractivity contribution >= 4 is 33.4 Å². The van der Waals surface area contributed by atoms with E-state index in [0.717, 1.165) is 4.47 Å². The normalized spacial score (nSPS) is 15.4. The number of carbonyl (C=O) groups excluding carboxylic acids is 1. The van der Waals surface area contributed by atoms with Crippen LogP contribution in [0, 0.1) is 0 Å². The molecule has 0 amide bonds. The highest BCUT2D eigenvalue weighted by atomic mass is 79.9. The van der Waals surface area contributed by atoms with Crippen LogP contribution in [0.5, 0.6) is 0 Å². The summed E-state index contributed by atoms with van der Waals surface area (Å²) in [5.41, 5.74) is 4.12. The van der Waals surface area contributed by atoms with Gasteiger partial charge in [-0.3, -0.25) is 9.59 Å². The van der Waals surface area contributed by atoms with Crippen molar-refractivity contribution in [1.29, 1.82) is 0 Å². The van der Waals surface area contributed by atoms with Crippen molar-refractivity contribution in [3.05, 3.63) is 28.2 Å². The van der Waals surface area contributed by atoms with Crippen molar-refractivity contribution in [2.45, 2.75) is 0 Å². The van der Waals surface area contributed by atoms with Crippen LogP contribution >= 0.6 is 15.9 Å². The second-order valence-electron chi connectivity index (χ2n) is 3.47. The number of rotatable bonds is 2. The first-order valence-corrected chi connectivity index (χ1v) is 5.42. The largest absolute Gasteiger partial charge is 0.480 e. The highest BCUT2D eigenvalue weighted by Gasteiger charge is 2.23. The molecule has 1 aliphatic heterocycles. The maximum Gasteiger partial charge on any atom is 0.319 e. The van der Waals surface area contributed by atoms with Gasteiger partial charge in [0.15, 0.2) is 5.78 Å². The van der Waals surface area contributed by atoms with Crippen LogP contribution in [0.15, 0.2) is 22.7 Å². The van der Waals surface area contributed by atoms with Crippen molar-refractivity contribution in [3.8, 4) is 0 Å². The van der Waals surface area contributed by atoms with Gasteiger partial charge in [0.1, 0.15) is 6.54 Å². The second kappa shape index (κ2) is 4.23. The van der Waals surface area contributed by atoms with E-state index >= 15 is 0 Å². The molecular formula is C10H9BrN2O3. The summed E-state index contributed by atoms with van der Waals surface area (Å²) < 4.78 is 0.827. The maximum atomic E-state index is 11.7. The van der Waals surface area contributed by atoms with Gasteiger partial charge >= 0.3 is 5.97 Å². The van der Waals surface area contributed by atoms with Crippen LogP contribution in [0.1, 0.15) is 10.4 Å². The molecule has 1 aromatic rings. The van der Waals surface area contributed by atoms with Gasteiger partial charge in [-0.2, -0.15) is 0 Å². The van der Waals surface area contributed by atoms with Crippen LogP contribution in [-0.2, 0) is 4.79 Å². The molecule has 2 rings (SSSR count). The number of nitrogens with one attached hydrogen (secondary N) is 1. The summed E-state index contributed by atoms with van der Waals surface area (Å²) in [4.78, 5) is 22.3. The van der Waals surface area contributed by atoms with Gasteiger partial charge in [-0.1, -0.05) is 15.9 Å². The lowest BCUT2D eigenvalue weighted by molar-refractivity contribution is -0.137. The Kier molecular flexibility index (Phi) is 2.93. The second-order valence-corrected chi connectivity index (χ2v) is 4.39. The van der Waals surface area contributed by atoms with Gasteiger partial charge in [0.2, 0.25) is 0 Å². The van der Waals surface area contributed by atoms with Crippen LogP contribution in [-0.4, -0.2) is 35.0 Å². The third-order valence-electron chi connectivity index (χ3n) is 2.22. The van der Waals surface area contributed by atoms with Crippen molar-refractivity contribution < 1.29 is 14.7 Å². The SMILES string of the molecule is O=C(O)CN1CC(=O)c2cc(Br)ccc2N1. The third-order valence-corrected chi connectivity index (χ3v) is 2.71. The average Bonchev–Trinajstić information content (AvgIpc) is 2.18. The Labute approximate surface area is 100 Å². The molecule has 0 fully saturated rings. The number of hydrogen-bond acceptors (Lipinski definition) is 4. The standard InChI is InChI=1S/C10H9BrN2O3/c11-6-1-2-8-7(3-6)9(14)4-13(12-8)5-10(15)16/h1-3,12H,4-5H2,(H,15,16). The number of carbonyl (C=O) groups is 2. The first-order chi connectivity index (χ1) is 7.56. The summed E-state index contributed by atoms with van der Waals surface area (Å²) in [5.74, 6) is -1.06. The van der Waals surface area contributed by atoms with Crippen molar-refractivity contribution in [1.82, 2.24) is 5.01 Å². The molecule has 0 unspecified atom stereocenters. The highest BCUT2D eigenvalue weighted by Crippen LogP contribution is 2.25. The molecule has 2 N–H and O–H groups in total. The van der Waals surface area contributed by atoms with E-state index in [1.807, 2.05) is 0 Å². The monoisotopic (exact) mass is 284 g/mol. The predicted molar refractivity (Wildman–Crippen MR) is 61.3 cm³/mol. The van der Waals surface area contributed by atoms with E-state index in [4.69, 9.17) is 5.11 Å². The lowest BCUT2D eigenvalue weighted by Crippen LogP contribution is -2.42. The number of fused-ring (bicyclic) bond motifs is 1. The summed E-state index contributed by atoms with van der Waals surface area (Å²) in [7, 11) is 0. The summed E-state index contributed by atoms with van der Waals surface area (Å²) in [6.07, 6.45) is 0. The number of carboxylic acids is 1. The van der Waals surface area contributed by atoms with Crippen LogP contribution in [0.3, 0.4) is 0 Å². The zero-order valence-electron chi connectivity index (χ0n) is 8.24. The Balaban J connectivity index is 2.26. The van der Waals surface area contributed by atoms with E-state index in [1.165, 1.54) is 5.01 Å². The van der Waals surface area contributed by atoms with Crippen LogP contribution in [0.25, 0.3) is 0 Å². The molecule has 1 heterocycles. The molecule has 84 valence electrons. The maximum absolute atomic E-state index is 11.7. The van der Waals surface area contributed by atoms with E-state index < -0.39 is 5.97 Å². The molecule has 0 aliphatic carbocycles. The van der Waals surface area contributed by atoms with Gasteiger partial charge in [0.25, 0.3) is 0 Å². The van der Waals surface area contributed by atoms with Crippen LogP contribution in [0.2, 0.25) is 0 Å². The number of anilines is 1. The van der Waals surface area contributed by atoms with Crippen molar-refractivity contribution in [3.63, 3.8) is 0 Å². The molecular weight excluding hydrogens is 276 g/mol. The van der Waals surface area contributed by atoms with Crippen LogP contribution in [0.4, 0.5) is 5.69 Å². The highest BCUT2D eigenvalue weighted by molar-refractivity contribution is 9.10. The van der Waals surface area contributed by atoms with Crippen molar-refractivity contribution in [2.75, 3.05) is 18.5 Å². The number of halogens is 1. The first kappa shape index (κ1) is 11.1. The fourth-order valence-corrected chi connectivity index (χ4v) is 1.93. The lowest BCUT2D eigenvalue weighted by Gasteiger charge is -2.28. The molecule has 1 aromatic carbocycles. The average molecular weight is 285 g/mol. The molecule has 5 nitrogen and oxygen atoms in total. The van der Waals surface area contributed by atoms with Gasteiger partial charge in [-0.25, -0.2) is 5.01 Å². The molecule has 0 bridgehead atoms. The Bertz CT molecular complexity index is 461. The fourth-order valence-electron chi connectivity index (χ4n) is 1.57. The molecule has 0 spiro atoms. The smallest absolute Gasteiger partial charge is 0.319 e. The number of aliphatic carboxylic acids is 1. The Hall–Kier alpha value is -1.40. The molecule has 0 atom stereocenters. The zero-order valence-corrected chi connectivity index (χ0v) is 9.82. The van der Waals surface area contributed by atoms with Gasteiger partial charge in [-0.05, 0) is 18.2 Å². The molecule has 0 aromatic heterocycles. The molecule has 16 heavy (non-hydrogen) atoms. The number of ketones is 1. The molecule has 0 saturated heterocycles. The van der Waals surface area contributed by atoms with Crippen molar-refractivity contribution in [2.24, 2.45) is 0 Å². The number of benzene rings is 1. The Morgan fingerprint density at radius 3 is 3.00 bits per heavy atom.